The molecule has 3 N–H and O–H groups in total. The number of aliphatic imine (C=N–C) groups is 1. The Bertz CT molecular complexity index is 542. The van der Waals surface area contributed by atoms with Gasteiger partial charge in [-0.15, -0.1) is 13.2 Å². The van der Waals surface area contributed by atoms with Crippen LogP contribution >= 0.6 is 0 Å². The molecule has 1 aromatic rings. The standard InChI is InChI=1S/C15H23F3N4O/c1-14(2,10-22(3)4)9-20-13(19)21-11-7-5-6-8-12(11)23-15(16,17)18/h5-8H,9-10H2,1-4H3,(H3,19,20,21). The van der Waals surface area contributed by atoms with Crippen molar-refractivity contribution in [1.29, 1.82) is 0 Å². The number of benzene rings is 1. The summed E-state index contributed by atoms with van der Waals surface area (Å²) in [7, 11) is 3.91. The molecule has 1 aromatic carbocycles. The van der Waals surface area contributed by atoms with Crippen LogP contribution in [0.5, 0.6) is 5.75 Å². The maximum atomic E-state index is 12.4. The summed E-state index contributed by atoms with van der Waals surface area (Å²) in [4.78, 5) is 6.23. The molecule has 130 valence electrons. The van der Waals surface area contributed by atoms with Crippen LogP contribution in [0, 0.1) is 5.41 Å². The number of ether oxygens (including phenoxy) is 1. The van der Waals surface area contributed by atoms with Gasteiger partial charge in [-0.05, 0) is 31.6 Å². The fourth-order valence-corrected chi connectivity index (χ4v) is 2.17. The quantitative estimate of drug-likeness (QED) is 0.621. The fraction of sp³-hybridized carbons (Fsp3) is 0.533. The number of nitrogens with zero attached hydrogens (tertiary/aromatic N) is 2. The summed E-state index contributed by atoms with van der Waals surface area (Å²) in [6, 6.07) is 5.67. The monoisotopic (exact) mass is 332 g/mol. The average Bonchev–Trinajstić information content (AvgIpc) is 2.36. The van der Waals surface area contributed by atoms with Crippen molar-refractivity contribution in [2.75, 3.05) is 32.5 Å². The van der Waals surface area contributed by atoms with Gasteiger partial charge in [-0.3, -0.25) is 4.99 Å². The molecule has 0 saturated heterocycles. The molecule has 8 heteroatoms. The molecule has 0 amide bonds. The number of nitrogens with two attached hydrogens (primary N) is 1. The molecule has 0 radical (unpaired) electrons. The number of hydrogen-bond donors (Lipinski definition) is 2. The topological polar surface area (TPSA) is 62.9 Å². The summed E-state index contributed by atoms with van der Waals surface area (Å²) in [5.74, 6) is -0.319. The molecule has 0 atom stereocenters. The first-order valence-corrected chi connectivity index (χ1v) is 7.05. The molecule has 0 unspecified atom stereocenters. The lowest BCUT2D eigenvalue weighted by molar-refractivity contribution is -0.274. The first-order chi connectivity index (χ1) is 10.5. The first-order valence-electron chi connectivity index (χ1n) is 7.05. The van der Waals surface area contributed by atoms with Crippen LogP contribution in [0.1, 0.15) is 13.8 Å². The van der Waals surface area contributed by atoms with Crippen molar-refractivity contribution in [2.45, 2.75) is 20.2 Å². The fourth-order valence-electron chi connectivity index (χ4n) is 2.17. The van der Waals surface area contributed by atoms with E-state index in [1.54, 1.807) is 6.07 Å². The highest BCUT2D eigenvalue weighted by Gasteiger charge is 2.32. The van der Waals surface area contributed by atoms with Gasteiger partial charge in [0.2, 0.25) is 0 Å². The van der Waals surface area contributed by atoms with Crippen LogP contribution < -0.4 is 15.8 Å². The van der Waals surface area contributed by atoms with Gasteiger partial charge in [0.05, 0.1) is 5.69 Å². The van der Waals surface area contributed by atoms with E-state index in [9.17, 15) is 13.2 Å². The van der Waals surface area contributed by atoms with Crippen LogP contribution in [0.15, 0.2) is 29.3 Å². The second kappa shape index (κ2) is 7.54. The SMILES string of the molecule is CN(C)CC(C)(C)CN=C(N)Nc1ccccc1OC(F)(F)F. The number of guanidine groups is 1. The Morgan fingerprint density at radius 1 is 1.26 bits per heavy atom. The van der Waals surface area contributed by atoms with Crippen molar-refractivity contribution in [3.8, 4) is 5.75 Å². The summed E-state index contributed by atoms with van der Waals surface area (Å²) in [6.07, 6.45) is -4.77. The predicted molar refractivity (Wildman–Crippen MR) is 85.6 cm³/mol. The molecule has 0 aliphatic carbocycles. The van der Waals surface area contributed by atoms with E-state index < -0.39 is 6.36 Å². The minimum atomic E-state index is -4.77. The van der Waals surface area contributed by atoms with Crippen LogP contribution in [0.25, 0.3) is 0 Å². The number of para-hydroxylation sites is 2. The van der Waals surface area contributed by atoms with Crippen LogP contribution in [0.4, 0.5) is 18.9 Å². The molecule has 0 aliphatic heterocycles. The maximum absolute atomic E-state index is 12.4. The highest BCUT2D eigenvalue weighted by molar-refractivity contribution is 5.93. The zero-order chi connectivity index (χ0) is 17.7. The number of halogens is 3. The minimum absolute atomic E-state index is 0.0371. The van der Waals surface area contributed by atoms with E-state index >= 15 is 0 Å². The zero-order valence-corrected chi connectivity index (χ0v) is 13.7. The Kier molecular flexibility index (Phi) is 6.26. The minimum Gasteiger partial charge on any atom is -0.404 e. The average molecular weight is 332 g/mol. The number of rotatable bonds is 6. The van der Waals surface area contributed by atoms with E-state index in [1.165, 1.54) is 18.2 Å². The highest BCUT2D eigenvalue weighted by Crippen LogP contribution is 2.29. The molecular weight excluding hydrogens is 309 g/mol. The van der Waals surface area contributed by atoms with Gasteiger partial charge >= 0.3 is 6.36 Å². The lowest BCUT2D eigenvalue weighted by atomic mass is 9.93. The molecular formula is C15H23F3N4O. The second-order valence-electron chi connectivity index (χ2n) is 6.27. The largest absolute Gasteiger partial charge is 0.573 e. The van der Waals surface area contributed by atoms with Crippen LogP contribution in [-0.4, -0.2) is 44.4 Å². The third kappa shape index (κ3) is 7.73. The van der Waals surface area contributed by atoms with Crippen LogP contribution in [0.3, 0.4) is 0 Å². The van der Waals surface area contributed by atoms with E-state index in [2.05, 4.69) is 15.0 Å². The van der Waals surface area contributed by atoms with E-state index in [0.29, 0.717) is 6.54 Å². The van der Waals surface area contributed by atoms with E-state index in [4.69, 9.17) is 5.73 Å². The summed E-state index contributed by atoms with van der Waals surface area (Å²) >= 11 is 0. The third-order valence-electron chi connectivity index (χ3n) is 2.80. The number of nitrogens with one attached hydrogen (secondary N) is 1. The molecule has 0 aromatic heterocycles. The van der Waals surface area contributed by atoms with Crippen molar-refractivity contribution < 1.29 is 17.9 Å². The van der Waals surface area contributed by atoms with Crippen molar-refractivity contribution in [3.05, 3.63) is 24.3 Å². The Morgan fingerprint density at radius 3 is 2.43 bits per heavy atom. The first kappa shape index (κ1) is 19.1. The molecule has 23 heavy (non-hydrogen) atoms. The number of anilines is 1. The Labute approximate surface area is 134 Å². The van der Waals surface area contributed by atoms with Crippen molar-refractivity contribution in [1.82, 2.24) is 4.90 Å². The molecule has 0 saturated carbocycles. The van der Waals surface area contributed by atoms with Gasteiger partial charge < -0.3 is 20.7 Å². The van der Waals surface area contributed by atoms with E-state index in [1.807, 2.05) is 32.8 Å². The maximum Gasteiger partial charge on any atom is 0.573 e. The van der Waals surface area contributed by atoms with Gasteiger partial charge in [-0.1, -0.05) is 26.0 Å². The highest BCUT2D eigenvalue weighted by atomic mass is 19.4. The predicted octanol–water partition coefficient (Wildman–Crippen LogP) is 2.90. The van der Waals surface area contributed by atoms with Gasteiger partial charge in [-0.2, -0.15) is 0 Å². The van der Waals surface area contributed by atoms with Gasteiger partial charge in [0, 0.05) is 13.1 Å². The van der Waals surface area contributed by atoms with E-state index in [-0.39, 0.29) is 22.8 Å². The lowest BCUT2D eigenvalue weighted by Gasteiger charge is -2.26. The number of alkyl halides is 3. The van der Waals surface area contributed by atoms with E-state index in [0.717, 1.165) is 6.54 Å². The molecule has 0 heterocycles. The van der Waals surface area contributed by atoms with Crippen molar-refractivity contribution >= 4 is 11.6 Å². The Morgan fingerprint density at radius 2 is 1.87 bits per heavy atom. The molecule has 1 rings (SSSR count). The molecule has 0 aliphatic rings. The summed E-state index contributed by atoms with van der Waals surface area (Å²) < 4.78 is 41.1. The van der Waals surface area contributed by atoms with Gasteiger partial charge in [0.25, 0.3) is 0 Å². The summed E-state index contributed by atoms with van der Waals surface area (Å²) in [6.45, 7) is 5.30. The zero-order valence-electron chi connectivity index (χ0n) is 13.7. The summed E-state index contributed by atoms with van der Waals surface area (Å²) in [5, 5.41) is 2.65. The molecule has 0 bridgehead atoms. The van der Waals surface area contributed by atoms with Crippen molar-refractivity contribution in [2.24, 2.45) is 16.1 Å². The second-order valence-corrected chi connectivity index (χ2v) is 6.27. The third-order valence-corrected chi connectivity index (χ3v) is 2.80. The molecule has 0 spiro atoms. The smallest absolute Gasteiger partial charge is 0.404 e. The van der Waals surface area contributed by atoms with Crippen LogP contribution in [-0.2, 0) is 0 Å². The van der Waals surface area contributed by atoms with Gasteiger partial charge in [-0.25, -0.2) is 0 Å². The Hall–Kier alpha value is -1.96. The summed E-state index contributed by atoms with van der Waals surface area (Å²) in [5.41, 5.74) is 5.76. The van der Waals surface area contributed by atoms with Gasteiger partial charge in [0.15, 0.2) is 11.7 Å². The Balaban J connectivity index is 2.77. The van der Waals surface area contributed by atoms with Crippen LogP contribution in [0.2, 0.25) is 0 Å². The van der Waals surface area contributed by atoms with Gasteiger partial charge in [0.1, 0.15) is 0 Å². The lowest BCUT2D eigenvalue weighted by Crippen LogP contribution is -2.33. The van der Waals surface area contributed by atoms with Crippen molar-refractivity contribution in [3.63, 3.8) is 0 Å². The normalized spacial score (nSPS) is 13.3. The molecule has 0 fully saturated rings. The molecule has 5 nitrogen and oxygen atoms in total. The number of hydrogen-bond acceptors (Lipinski definition) is 3.